The Hall–Kier alpha value is -3.55. The van der Waals surface area contributed by atoms with Crippen molar-refractivity contribution in [3.05, 3.63) is 69.8 Å². The number of amides is 3. The first-order valence-electron chi connectivity index (χ1n) is 6.97. The van der Waals surface area contributed by atoms with Crippen LogP contribution in [0.15, 0.2) is 48.5 Å². The summed E-state index contributed by atoms with van der Waals surface area (Å²) in [5, 5.41) is 13.4. The van der Waals surface area contributed by atoms with Crippen molar-refractivity contribution in [2.75, 3.05) is 11.9 Å². The smallest absolute Gasteiger partial charge is 0.270 e. The summed E-state index contributed by atoms with van der Waals surface area (Å²) in [6.07, 6.45) is 0. The number of nitro benzene ring substituents is 1. The highest BCUT2D eigenvalue weighted by Crippen LogP contribution is 2.26. The maximum atomic E-state index is 12.3. The van der Waals surface area contributed by atoms with Gasteiger partial charge in [0.25, 0.3) is 17.5 Å². The molecule has 1 N–H and O–H groups in total. The van der Waals surface area contributed by atoms with Gasteiger partial charge in [0.1, 0.15) is 6.54 Å². The second-order valence-electron chi connectivity index (χ2n) is 5.10. The van der Waals surface area contributed by atoms with E-state index in [1.54, 1.807) is 30.3 Å². The SMILES string of the molecule is O=C(CN1C(=O)c2ccc([N+](=O)[O-])cc2C1=O)Nc1ccccc1. The highest BCUT2D eigenvalue weighted by molar-refractivity contribution is 6.23. The Balaban J connectivity index is 1.78. The standard InChI is InChI=1S/C16H11N3O5/c20-14(17-10-4-2-1-3-5-10)9-18-15(21)12-7-6-11(19(23)24)8-13(12)16(18)22/h1-8H,9H2,(H,17,20). The molecule has 1 aliphatic rings. The molecule has 2 aromatic rings. The predicted molar refractivity (Wildman–Crippen MR) is 83.5 cm³/mol. The van der Waals surface area contributed by atoms with Crippen molar-refractivity contribution in [2.45, 2.75) is 0 Å². The molecule has 120 valence electrons. The van der Waals surface area contributed by atoms with Crippen LogP contribution >= 0.6 is 0 Å². The van der Waals surface area contributed by atoms with Crippen LogP contribution in [0, 0.1) is 10.1 Å². The Morgan fingerprint density at radius 1 is 1.04 bits per heavy atom. The van der Waals surface area contributed by atoms with Crippen LogP contribution in [0.25, 0.3) is 0 Å². The van der Waals surface area contributed by atoms with E-state index >= 15 is 0 Å². The van der Waals surface area contributed by atoms with E-state index < -0.39 is 29.2 Å². The fourth-order valence-corrected chi connectivity index (χ4v) is 2.40. The molecule has 0 saturated carbocycles. The number of hydrogen-bond acceptors (Lipinski definition) is 5. The average Bonchev–Trinajstić information content (AvgIpc) is 2.80. The number of benzene rings is 2. The molecule has 0 bridgehead atoms. The number of nitrogens with one attached hydrogen (secondary N) is 1. The largest absolute Gasteiger partial charge is 0.325 e. The number of non-ortho nitro benzene ring substituents is 1. The highest BCUT2D eigenvalue weighted by Gasteiger charge is 2.37. The van der Waals surface area contributed by atoms with E-state index in [0.717, 1.165) is 17.0 Å². The molecule has 8 heteroatoms. The topological polar surface area (TPSA) is 110 Å². The first-order chi connectivity index (χ1) is 11.5. The molecule has 0 saturated heterocycles. The zero-order valence-corrected chi connectivity index (χ0v) is 12.3. The summed E-state index contributed by atoms with van der Waals surface area (Å²) in [6, 6.07) is 12.0. The molecule has 3 amide bonds. The third kappa shape index (κ3) is 2.72. The van der Waals surface area contributed by atoms with Crippen LogP contribution in [0.2, 0.25) is 0 Å². The van der Waals surface area contributed by atoms with Crippen molar-refractivity contribution < 1.29 is 19.3 Å². The molecule has 0 spiro atoms. The van der Waals surface area contributed by atoms with Gasteiger partial charge in [-0.1, -0.05) is 18.2 Å². The molecular weight excluding hydrogens is 314 g/mol. The van der Waals surface area contributed by atoms with Gasteiger partial charge in [-0.25, -0.2) is 0 Å². The number of nitrogens with zero attached hydrogens (tertiary/aromatic N) is 2. The average molecular weight is 325 g/mol. The summed E-state index contributed by atoms with van der Waals surface area (Å²) < 4.78 is 0. The number of fused-ring (bicyclic) bond motifs is 1. The number of carbonyl (C=O) groups excluding carboxylic acids is 3. The van der Waals surface area contributed by atoms with Crippen molar-refractivity contribution in [3.8, 4) is 0 Å². The van der Waals surface area contributed by atoms with Gasteiger partial charge < -0.3 is 5.32 Å². The third-order valence-electron chi connectivity index (χ3n) is 3.52. The van der Waals surface area contributed by atoms with Crippen LogP contribution < -0.4 is 5.32 Å². The quantitative estimate of drug-likeness (QED) is 0.524. The van der Waals surface area contributed by atoms with Crippen molar-refractivity contribution in [1.29, 1.82) is 0 Å². The summed E-state index contributed by atoms with van der Waals surface area (Å²) in [5.74, 6) is -1.90. The predicted octanol–water partition coefficient (Wildman–Crippen LogP) is 1.83. The van der Waals surface area contributed by atoms with Crippen LogP contribution in [-0.2, 0) is 4.79 Å². The molecule has 0 radical (unpaired) electrons. The normalized spacial score (nSPS) is 12.9. The fraction of sp³-hybridized carbons (Fsp3) is 0.0625. The van der Waals surface area contributed by atoms with E-state index in [2.05, 4.69) is 5.32 Å². The Kier molecular flexibility index (Phi) is 3.78. The molecule has 0 aromatic heterocycles. The minimum Gasteiger partial charge on any atom is -0.325 e. The van der Waals surface area contributed by atoms with E-state index in [1.165, 1.54) is 6.07 Å². The molecule has 0 unspecified atom stereocenters. The van der Waals surface area contributed by atoms with Crippen molar-refractivity contribution in [2.24, 2.45) is 0 Å². The molecular formula is C16H11N3O5. The van der Waals surface area contributed by atoms with E-state index in [1.807, 2.05) is 0 Å². The van der Waals surface area contributed by atoms with Gasteiger partial charge in [-0.2, -0.15) is 0 Å². The van der Waals surface area contributed by atoms with Gasteiger partial charge in [-0.3, -0.25) is 29.4 Å². The molecule has 8 nitrogen and oxygen atoms in total. The highest BCUT2D eigenvalue weighted by atomic mass is 16.6. The lowest BCUT2D eigenvalue weighted by atomic mass is 10.1. The van der Waals surface area contributed by atoms with Crippen LogP contribution in [0.1, 0.15) is 20.7 Å². The Bertz CT molecular complexity index is 863. The maximum absolute atomic E-state index is 12.3. The second-order valence-corrected chi connectivity index (χ2v) is 5.10. The summed E-state index contributed by atoms with van der Waals surface area (Å²) in [4.78, 5) is 47.4. The van der Waals surface area contributed by atoms with Gasteiger partial charge >= 0.3 is 0 Å². The van der Waals surface area contributed by atoms with Gasteiger partial charge in [0.05, 0.1) is 16.1 Å². The summed E-state index contributed by atoms with van der Waals surface area (Å²) in [6.45, 7) is -0.463. The molecule has 1 aliphatic heterocycles. The van der Waals surface area contributed by atoms with Crippen LogP contribution in [0.5, 0.6) is 0 Å². The fourth-order valence-electron chi connectivity index (χ4n) is 2.40. The number of rotatable bonds is 4. The van der Waals surface area contributed by atoms with E-state index in [9.17, 15) is 24.5 Å². The minimum absolute atomic E-state index is 0.0538. The third-order valence-corrected chi connectivity index (χ3v) is 3.52. The maximum Gasteiger partial charge on any atom is 0.270 e. The van der Waals surface area contributed by atoms with Gasteiger partial charge in [0.2, 0.25) is 5.91 Å². The molecule has 1 heterocycles. The van der Waals surface area contributed by atoms with Crippen molar-refractivity contribution >= 4 is 29.1 Å². The van der Waals surface area contributed by atoms with Crippen LogP contribution in [0.3, 0.4) is 0 Å². The summed E-state index contributed by atoms with van der Waals surface area (Å²) >= 11 is 0. The Labute approximate surface area is 135 Å². The van der Waals surface area contributed by atoms with Crippen molar-refractivity contribution in [1.82, 2.24) is 4.90 Å². The van der Waals surface area contributed by atoms with E-state index in [-0.39, 0.29) is 16.8 Å². The lowest BCUT2D eigenvalue weighted by Gasteiger charge is -2.13. The molecule has 24 heavy (non-hydrogen) atoms. The van der Waals surface area contributed by atoms with E-state index in [0.29, 0.717) is 5.69 Å². The molecule has 2 aromatic carbocycles. The lowest BCUT2D eigenvalue weighted by Crippen LogP contribution is -2.37. The first kappa shape index (κ1) is 15.3. The summed E-state index contributed by atoms with van der Waals surface area (Å²) in [5.41, 5.74) is 0.236. The number of para-hydroxylation sites is 1. The molecule has 3 rings (SSSR count). The molecule has 0 atom stereocenters. The van der Waals surface area contributed by atoms with Crippen molar-refractivity contribution in [3.63, 3.8) is 0 Å². The van der Waals surface area contributed by atoms with Gasteiger partial charge in [-0.15, -0.1) is 0 Å². The first-order valence-corrected chi connectivity index (χ1v) is 6.97. The monoisotopic (exact) mass is 325 g/mol. The van der Waals surface area contributed by atoms with Gasteiger partial charge in [0, 0.05) is 17.8 Å². The molecule has 0 fully saturated rings. The Morgan fingerprint density at radius 3 is 2.38 bits per heavy atom. The summed E-state index contributed by atoms with van der Waals surface area (Å²) in [7, 11) is 0. The van der Waals surface area contributed by atoms with Gasteiger partial charge in [-0.05, 0) is 18.2 Å². The molecule has 0 aliphatic carbocycles. The van der Waals surface area contributed by atoms with Gasteiger partial charge in [0.15, 0.2) is 0 Å². The number of hydrogen-bond donors (Lipinski definition) is 1. The zero-order chi connectivity index (χ0) is 17.3. The number of anilines is 1. The van der Waals surface area contributed by atoms with Crippen LogP contribution in [0.4, 0.5) is 11.4 Å². The number of nitro groups is 1. The zero-order valence-electron chi connectivity index (χ0n) is 12.3. The van der Waals surface area contributed by atoms with Crippen LogP contribution in [-0.4, -0.2) is 34.1 Å². The lowest BCUT2D eigenvalue weighted by molar-refractivity contribution is -0.384. The minimum atomic E-state index is -0.720. The second kappa shape index (κ2) is 5.92. The Morgan fingerprint density at radius 2 is 1.71 bits per heavy atom. The van der Waals surface area contributed by atoms with E-state index in [4.69, 9.17) is 0 Å². The number of carbonyl (C=O) groups is 3. The number of imide groups is 1.